The maximum atomic E-state index is 10.7. The number of carbonyl (C=O) groups excluding carboxylic acids is 3. The van der Waals surface area contributed by atoms with Gasteiger partial charge in [-0.1, -0.05) is 0 Å². The summed E-state index contributed by atoms with van der Waals surface area (Å²) < 4.78 is 0. The Hall–Kier alpha value is -1.43. The van der Waals surface area contributed by atoms with Crippen molar-refractivity contribution in [3.8, 4) is 0 Å². The molecule has 0 aromatic heterocycles. The number of nitrogens with one attached hydrogen (secondary N) is 1. The van der Waals surface area contributed by atoms with E-state index in [0.29, 0.717) is 13.1 Å². The fourth-order valence-corrected chi connectivity index (χ4v) is 0.845. The highest BCUT2D eigenvalue weighted by atomic mass is 16.3. The predicted octanol–water partition coefficient (Wildman–Crippen LogP) is -1.61. The molecule has 6 heteroatoms. The molecule has 1 aliphatic heterocycles. The smallest absolute Gasteiger partial charge is 0.317 e. The van der Waals surface area contributed by atoms with E-state index in [9.17, 15) is 4.79 Å². The number of hydrogen-bond acceptors (Lipinski definition) is 4. The molecule has 0 aliphatic carbocycles. The summed E-state index contributed by atoms with van der Waals surface area (Å²) in [6.45, 7) is 1.93. The first-order valence-electron chi connectivity index (χ1n) is 3.78. The number of aliphatic hydroxyl groups excluding tert-OH is 1. The monoisotopic (exact) mass is 188 g/mol. The molecule has 1 aliphatic rings. The first-order chi connectivity index (χ1) is 6.26. The molecular weight excluding hydrogens is 176 g/mol. The van der Waals surface area contributed by atoms with Crippen LogP contribution in [-0.4, -0.2) is 54.9 Å². The first kappa shape index (κ1) is 11.6. The van der Waals surface area contributed by atoms with Gasteiger partial charge in [-0.15, -0.1) is 0 Å². The molecule has 0 spiro atoms. The second-order valence-electron chi connectivity index (χ2n) is 2.21. The molecule has 0 saturated carbocycles. The Labute approximate surface area is 75.5 Å². The summed E-state index contributed by atoms with van der Waals surface area (Å²) in [4.78, 5) is 29.9. The van der Waals surface area contributed by atoms with Crippen molar-refractivity contribution in [3.63, 3.8) is 0 Å². The number of aldehydes is 2. The van der Waals surface area contributed by atoms with Crippen LogP contribution in [0.1, 0.15) is 0 Å². The van der Waals surface area contributed by atoms with E-state index in [4.69, 9.17) is 14.7 Å². The van der Waals surface area contributed by atoms with Gasteiger partial charge in [0.15, 0.2) is 12.6 Å². The molecule has 6 nitrogen and oxygen atoms in total. The Morgan fingerprint density at radius 2 is 2.08 bits per heavy atom. The van der Waals surface area contributed by atoms with E-state index in [0.717, 1.165) is 6.54 Å². The van der Waals surface area contributed by atoms with Gasteiger partial charge in [0.25, 0.3) is 0 Å². The number of urea groups is 1. The van der Waals surface area contributed by atoms with Crippen molar-refractivity contribution in [3.05, 3.63) is 0 Å². The van der Waals surface area contributed by atoms with Gasteiger partial charge >= 0.3 is 6.03 Å². The summed E-state index contributed by atoms with van der Waals surface area (Å²) in [5.41, 5.74) is 0. The van der Waals surface area contributed by atoms with E-state index in [1.807, 2.05) is 0 Å². The summed E-state index contributed by atoms with van der Waals surface area (Å²) in [6.07, 6.45) is 0.389. The summed E-state index contributed by atoms with van der Waals surface area (Å²) in [6, 6.07) is -0.0657. The summed E-state index contributed by atoms with van der Waals surface area (Å²) in [7, 11) is 0. The molecule has 0 aromatic carbocycles. The summed E-state index contributed by atoms with van der Waals surface area (Å²) in [5.74, 6) is 0. The van der Waals surface area contributed by atoms with Gasteiger partial charge in [0.05, 0.1) is 6.61 Å². The fourth-order valence-electron chi connectivity index (χ4n) is 0.845. The van der Waals surface area contributed by atoms with Crippen LogP contribution in [0.25, 0.3) is 0 Å². The van der Waals surface area contributed by atoms with Crippen LogP contribution in [0, 0.1) is 0 Å². The van der Waals surface area contributed by atoms with Gasteiger partial charge in [-0.3, -0.25) is 9.59 Å². The molecule has 0 aromatic rings. The molecule has 74 valence electrons. The second-order valence-corrected chi connectivity index (χ2v) is 2.21. The molecule has 0 unspecified atom stereocenters. The van der Waals surface area contributed by atoms with Crippen LogP contribution >= 0.6 is 0 Å². The maximum Gasteiger partial charge on any atom is 0.317 e. The summed E-state index contributed by atoms with van der Waals surface area (Å²) in [5, 5.41) is 11.1. The molecule has 1 heterocycles. The zero-order valence-corrected chi connectivity index (χ0v) is 7.10. The molecule has 0 radical (unpaired) electrons. The van der Waals surface area contributed by atoms with Gasteiger partial charge in [-0.05, 0) is 0 Å². The molecular formula is C7H12N2O4. The largest absolute Gasteiger partial charge is 0.395 e. The highest BCUT2D eigenvalue weighted by molar-refractivity contribution is 6.09. The van der Waals surface area contributed by atoms with Crippen LogP contribution in [0.5, 0.6) is 0 Å². The fraction of sp³-hybridized carbons (Fsp3) is 0.571. The van der Waals surface area contributed by atoms with Crippen LogP contribution in [0.2, 0.25) is 0 Å². The van der Waals surface area contributed by atoms with Gasteiger partial charge in [0, 0.05) is 19.6 Å². The Morgan fingerprint density at radius 1 is 1.46 bits per heavy atom. The quantitative estimate of drug-likeness (QED) is 0.412. The number of rotatable bonds is 3. The second kappa shape index (κ2) is 7.23. The number of carbonyl (C=O) groups is 3. The SMILES string of the molecule is O=C1NCCN1CCO.O=CC=O. The lowest BCUT2D eigenvalue weighted by molar-refractivity contribution is -0.122. The van der Waals surface area contributed by atoms with Crippen molar-refractivity contribution in [1.29, 1.82) is 0 Å². The van der Waals surface area contributed by atoms with E-state index < -0.39 is 0 Å². The van der Waals surface area contributed by atoms with Crippen LogP contribution in [0.15, 0.2) is 0 Å². The lowest BCUT2D eigenvalue weighted by atomic mass is 10.5. The van der Waals surface area contributed by atoms with Crippen molar-refractivity contribution in [2.24, 2.45) is 0 Å². The minimum atomic E-state index is -0.0657. The highest BCUT2D eigenvalue weighted by Gasteiger charge is 2.17. The molecule has 2 amide bonds. The topological polar surface area (TPSA) is 86.7 Å². The number of aliphatic hydroxyl groups is 1. The van der Waals surface area contributed by atoms with E-state index in [2.05, 4.69) is 5.32 Å². The zero-order chi connectivity index (χ0) is 10.1. The van der Waals surface area contributed by atoms with Gasteiger partial charge < -0.3 is 15.3 Å². The maximum absolute atomic E-state index is 10.7. The number of nitrogens with zero attached hydrogens (tertiary/aromatic N) is 1. The Morgan fingerprint density at radius 3 is 2.38 bits per heavy atom. The summed E-state index contributed by atoms with van der Waals surface area (Å²) >= 11 is 0. The van der Waals surface area contributed by atoms with Crippen molar-refractivity contribution in [2.45, 2.75) is 0 Å². The van der Waals surface area contributed by atoms with Gasteiger partial charge in [-0.25, -0.2) is 4.79 Å². The third-order valence-electron chi connectivity index (χ3n) is 1.37. The van der Waals surface area contributed by atoms with E-state index in [1.54, 1.807) is 4.90 Å². The average Bonchev–Trinajstić information content (AvgIpc) is 2.53. The zero-order valence-electron chi connectivity index (χ0n) is 7.10. The number of hydrogen-bond donors (Lipinski definition) is 2. The van der Waals surface area contributed by atoms with Crippen LogP contribution in [-0.2, 0) is 9.59 Å². The number of β-amino-alcohol motifs (C(OH)–C–C–N with tert-alkyl or cyclic N) is 1. The van der Waals surface area contributed by atoms with Crippen molar-refractivity contribution >= 4 is 18.6 Å². The lowest BCUT2D eigenvalue weighted by Gasteiger charge is -2.10. The van der Waals surface area contributed by atoms with Crippen molar-refractivity contribution in [2.75, 3.05) is 26.2 Å². The standard InChI is InChI=1S/C5H10N2O2.C2H2O2/c8-4-3-7-2-1-6-5(7)9;3-1-2-4/h8H,1-4H2,(H,6,9);1-2H. The minimum absolute atomic E-state index is 0.0490. The minimum Gasteiger partial charge on any atom is -0.395 e. The van der Waals surface area contributed by atoms with Crippen LogP contribution in [0.3, 0.4) is 0 Å². The third-order valence-corrected chi connectivity index (χ3v) is 1.37. The highest BCUT2D eigenvalue weighted by Crippen LogP contribution is 1.93. The predicted molar refractivity (Wildman–Crippen MR) is 44.2 cm³/mol. The van der Waals surface area contributed by atoms with Gasteiger partial charge in [-0.2, -0.15) is 0 Å². The average molecular weight is 188 g/mol. The molecule has 1 fully saturated rings. The normalized spacial score (nSPS) is 14.2. The number of amides is 2. The first-order valence-corrected chi connectivity index (χ1v) is 3.78. The molecule has 0 bridgehead atoms. The van der Waals surface area contributed by atoms with Crippen LogP contribution < -0.4 is 5.32 Å². The molecule has 2 N–H and O–H groups in total. The van der Waals surface area contributed by atoms with E-state index in [-0.39, 0.29) is 25.2 Å². The molecule has 13 heavy (non-hydrogen) atoms. The van der Waals surface area contributed by atoms with Gasteiger partial charge in [0.2, 0.25) is 0 Å². The van der Waals surface area contributed by atoms with Gasteiger partial charge in [0.1, 0.15) is 0 Å². The van der Waals surface area contributed by atoms with E-state index in [1.165, 1.54) is 0 Å². The van der Waals surface area contributed by atoms with Crippen LogP contribution in [0.4, 0.5) is 4.79 Å². The molecule has 1 rings (SSSR count). The molecule has 1 saturated heterocycles. The van der Waals surface area contributed by atoms with Crippen molar-refractivity contribution < 1.29 is 19.5 Å². The van der Waals surface area contributed by atoms with E-state index >= 15 is 0 Å². The lowest BCUT2D eigenvalue weighted by Crippen LogP contribution is -2.30. The Balaban J connectivity index is 0.000000310. The molecule has 0 atom stereocenters. The Kier molecular flexibility index (Phi) is 6.44. The Bertz CT molecular complexity index is 177. The van der Waals surface area contributed by atoms with Crippen molar-refractivity contribution in [1.82, 2.24) is 10.2 Å². The third kappa shape index (κ3) is 4.91.